The Morgan fingerprint density at radius 3 is 2.37 bits per heavy atom. The Morgan fingerprint density at radius 1 is 1.26 bits per heavy atom. The molecule has 2 rings (SSSR count). The van der Waals surface area contributed by atoms with Crippen LogP contribution in [0.3, 0.4) is 0 Å². The third-order valence-electron chi connectivity index (χ3n) is 4.15. The first-order valence-corrected chi connectivity index (χ1v) is 8.86. The summed E-state index contributed by atoms with van der Waals surface area (Å²) in [7, 11) is -3.27. The quantitative estimate of drug-likeness (QED) is 0.934. The predicted octanol–water partition coefficient (Wildman–Crippen LogP) is 2.90. The fourth-order valence-corrected chi connectivity index (χ4v) is 4.30. The van der Waals surface area contributed by atoms with Gasteiger partial charge in [0.05, 0.1) is 9.92 Å². The number of nitrogens with two attached hydrogens (primary N) is 1. The summed E-state index contributed by atoms with van der Waals surface area (Å²) in [5.41, 5.74) is 7.03. The van der Waals surface area contributed by atoms with Gasteiger partial charge in [-0.2, -0.15) is 0 Å². The molecule has 1 aromatic carbocycles. The normalized spacial score (nSPS) is 19.3. The minimum Gasteiger partial charge on any atom is -0.330 e. The van der Waals surface area contributed by atoms with Crippen molar-refractivity contribution in [1.82, 2.24) is 0 Å². The van der Waals surface area contributed by atoms with Crippen LogP contribution in [0, 0.1) is 0 Å². The van der Waals surface area contributed by atoms with Crippen molar-refractivity contribution in [3.05, 3.63) is 28.8 Å². The van der Waals surface area contributed by atoms with Gasteiger partial charge in [0.25, 0.3) is 0 Å². The monoisotopic (exact) mass is 301 g/mol. The molecule has 0 unspecified atom stereocenters. The van der Waals surface area contributed by atoms with E-state index in [-0.39, 0.29) is 10.3 Å². The fourth-order valence-electron chi connectivity index (χ4n) is 2.97. The largest absolute Gasteiger partial charge is 0.330 e. The summed E-state index contributed by atoms with van der Waals surface area (Å²) in [6, 6.07) is 5.27. The first kappa shape index (κ1) is 14.8. The molecule has 5 heteroatoms. The van der Waals surface area contributed by atoms with Crippen LogP contribution in [0.1, 0.15) is 37.7 Å². The molecule has 0 heterocycles. The molecule has 1 aliphatic carbocycles. The van der Waals surface area contributed by atoms with E-state index in [1.807, 2.05) is 6.07 Å². The minimum absolute atomic E-state index is 0.0298. The molecule has 0 aliphatic heterocycles. The van der Waals surface area contributed by atoms with Crippen LogP contribution in [0.4, 0.5) is 0 Å². The van der Waals surface area contributed by atoms with Gasteiger partial charge in [0.2, 0.25) is 0 Å². The van der Waals surface area contributed by atoms with Gasteiger partial charge in [0, 0.05) is 18.2 Å². The zero-order valence-corrected chi connectivity index (χ0v) is 12.7. The third kappa shape index (κ3) is 2.96. The van der Waals surface area contributed by atoms with Crippen molar-refractivity contribution in [1.29, 1.82) is 0 Å². The van der Waals surface area contributed by atoms with Crippen molar-refractivity contribution in [2.75, 3.05) is 12.8 Å². The molecule has 0 saturated heterocycles. The first-order chi connectivity index (χ1) is 8.89. The summed E-state index contributed by atoms with van der Waals surface area (Å²) in [5, 5.41) is 0.304. The lowest BCUT2D eigenvalue weighted by Crippen LogP contribution is -2.37. The van der Waals surface area contributed by atoms with E-state index in [9.17, 15) is 8.42 Å². The van der Waals surface area contributed by atoms with E-state index in [0.29, 0.717) is 11.6 Å². The lowest BCUT2D eigenvalue weighted by molar-refractivity contribution is 0.300. The highest BCUT2D eigenvalue weighted by molar-refractivity contribution is 7.90. The van der Waals surface area contributed by atoms with Crippen LogP contribution in [-0.2, 0) is 15.3 Å². The van der Waals surface area contributed by atoms with Crippen LogP contribution in [0.2, 0.25) is 5.02 Å². The molecule has 0 bridgehead atoms. The zero-order valence-electron chi connectivity index (χ0n) is 11.2. The predicted molar refractivity (Wildman–Crippen MR) is 78.4 cm³/mol. The Kier molecular flexibility index (Phi) is 4.23. The van der Waals surface area contributed by atoms with Gasteiger partial charge in [-0.15, -0.1) is 0 Å². The van der Waals surface area contributed by atoms with E-state index in [4.69, 9.17) is 17.3 Å². The van der Waals surface area contributed by atoms with Gasteiger partial charge in [-0.3, -0.25) is 0 Å². The second-order valence-corrected chi connectivity index (χ2v) is 7.85. The Morgan fingerprint density at radius 2 is 1.89 bits per heavy atom. The van der Waals surface area contributed by atoms with E-state index in [1.54, 1.807) is 12.1 Å². The van der Waals surface area contributed by atoms with E-state index in [2.05, 4.69) is 0 Å². The van der Waals surface area contributed by atoms with Crippen molar-refractivity contribution >= 4 is 21.4 Å². The smallest absolute Gasteiger partial charge is 0.176 e. The van der Waals surface area contributed by atoms with Gasteiger partial charge in [-0.1, -0.05) is 36.9 Å². The van der Waals surface area contributed by atoms with E-state index in [1.165, 1.54) is 25.5 Å². The second-order valence-electron chi connectivity index (χ2n) is 5.46. The molecule has 1 aromatic rings. The summed E-state index contributed by atoms with van der Waals surface area (Å²) in [4.78, 5) is 0.195. The first-order valence-electron chi connectivity index (χ1n) is 6.59. The Balaban J connectivity index is 2.43. The molecule has 3 nitrogen and oxygen atoms in total. The molecule has 0 radical (unpaired) electrons. The highest BCUT2D eigenvalue weighted by Gasteiger charge is 2.33. The second kappa shape index (κ2) is 5.43. The number of sulfone groups is 1. The minimum atomic E-state index is -3.27. The van der Waals surface area contributed by atoms with Gasteiger partial charge in [-0.05, 0) is 30.5 Å². The van der Waals surface area contributed by atoms with Crippen LogP contribution < -0.4 is 5.73 Å². The molecule has 2 N–H and O–H groups in total. The Bertz CT molecular complexity index is 563. The highest BCUT2D eigenvalue weighted by atomic mass is 35.5. The number of halogens is 1. The average molecular weight is 302 g/mol. The number of hydrogen-bond acceptors (Lipinski definition) is 3. The number of rotatable bonds is 3. The summed E-state index contributed by atoms with van der Waals surface area (Å²) in [6.45, 7) is 0.585. The lowest BCUT2D eigenvalue weighted by Gasteiger charge is -2.37. The van der Waals surface area contributed by atoms with Crippen LogP contribution in [0.25, 0.3) is 0 Å². The summed E-state index contributed by atoms with van der Waals surface area (Å²) >= 11 is 6.13. The Labute approximate surface area is 120 Å². The SMILES string of the molecule is CS(=O)(=O)c1ccc(C2(CN)CCCCC2)cc1Cl. The molecule has 0 atom stereocenters. The molecular weight excluding hydrogens is 282 g/mol. The highest BCUT2D eigenvalue weighted by Crippen LogP contribution is 2.40. The molecule has 1 saturated carbocycles. The van der Waals surface area contributed by atoms with Crippen LogP contribution >= 0.6 is 11.6 Å². The van der Waals surface area contributed by atoms with Crippen molar-refractivity contribution in [2.24, 2.45) is 5.73 Å². The van der Waals surface area contributed by atoms with Gasteiger partial charge in [0.1, 0.15) is 0 Å². The van der Waals surface area contributed by atoms with Crippen LogP contribution in [-0.4, -0.2) is 21.2 Å². The average Bonchev–Trinajstić information content (AvgIpc) is 2.38. The molecule has 19 heavy (non-hydrogen) atoms. The van der Waals surface area contributed by atoms with E-state index < -0.39 is 9.84 Å². The van der Waals surface area contributed by atoms with Crippen molar-refractivity contribution < 1.29 is 8.42 Å². The molecule has 1 fully saturated rings. The topological polar surface area (TPSA) is 60.2 Å². The van der Waals surface area contributed by atoms with E-state index in [0.717, 1.165) is 18.4 Å². The summed E-state index contributed by atoms with van der Waals surface area (Å²) in [5.74, 6) is 0. The molecule has 106 valence electrons. The zero-order chi connectivity index (χ0) is 14.1. The van der Waals surface area contributed by atoms with Gasteiger partial charge in [-0.25, -0.2) is 8.42 Å². The molecule has 0 spiro atoms. The van der Waals surface area contributed by atoms with Gasteiger partial charge in [0.15, 0.2) is 9.84 Å². The van der Waals surface area contributed by atoms with Crippen molar-refractivity contribution in [2.45, 2.75) is 42.4 Å². The summed E-state index contributed by atoms with van der Waals surface area (Å²) < 4.78 is 23.2. The lowest BCUT2D eigenvalue weighted by atomic mass is 9.69. The van der Waals surface area contributed by atoms with Crippen molar-refractivity contribution in [3.63, 3.8) is 0 Å². The molecule has 0 amide bonds. The number of hydrogen-bond donors (Lipinski definition) is 1. The standard InChI is InChI=1S/C14H20ClNO2S/c1-19(17,18)13-6-5-11(9-12(13)15)14(10-16)7-3-2-4-8-14/h5-6,9H,2-4,7-8,10,16H2,1H3. The molecule has 1 aliphatic rings. The van der Waals surface area contributed by atoms with Gasteiger partial charge < -0.3 is 5.73 Å². The molecular formula is C14H20ClNO2S. The fraction of sp³-hybridized carbons (Fsp3) is 0.571. The summed E-state index contributed by atoms with van der Waals surface area (Å²) in [6.07, 6.45) is 6.87. The molecule has 0 aromatic heterocycles. The third-order valence-corrected chi connectivity index (χ3v) is 5.72. The van der Waals surface area contributed by atoms with Gasteiger partial charge >= 0.3 is 0 Å². The Hall–Kier alpha value is -0.580. The van der Waals surface area contributed by atoms with Crippen LogP contribution in [0.5, 0.6) is 0 Å². The number of benzene rings is 1. The maximum Gasteiger partial charge on any atom is 0.176 e. The van der Waals surface area contributed by atoms with E-state index >= 15 is 0 Å². The van der Waals surface area contributed by atoms with Crippen molar-refractivity contribution in [3.8, 4) is 0 Å². The maximum absolute atomic E-state index is 11.6. The maximum atomic E-state index is 11.6. The van der Waals surface area contributed by atoms with Crippen LogP contribution in [0.15, 0.2) is 23.1 Å².